The molecule has 37 heavy (non-hydrogen) atoms. The van der Waals surface area contributed by atoms with Gasteiger partial charge in [0.25, 0.3) is 26.0 Å². The van der Waals surface area contributed by atoms with Crippen molar-refractivity contribution < 1.29 is 21.6 Å². The minimum absolute atomic E-state index is 0.0325. The average molecular weight is 538 g/mol. The fourth-order valence-electron chi connectivity index (χ4n) is 3.35. The number of hydrogen-bond acceptors (Lipinski definition) is 7. The maximum absolute atomic E-state index is 12.9. The normalized spacial score (nSPS) is 11.5. The third kappa shape index (κ3) is 6.29. The third-order valence-electron chi connectivity index (χ3n) is 5.21. The Morgan fingerprint density at radius 1 is 0.757 bits per heavy atom. The number of carbonyl (C=O) groups excluding carboxylic acids is 1. The monoisotopic (exact) mass is 537 g/mol. The Balaban J connectivity index is 1.49. The summed E-state index contributed by atoms with van der Waals surface area (Å²) in [5, 5.41) is 2.65. The lowest BCUT2D eigenvalue weighted by atomic mass is 10.1. The van der Waals surface area contributed by atoms with Crippen LogP contribution in [-0.2, 0) is 20.0 Å². The van der Waals surface area contributed by atoms with Crippen LogP contribution in [-0.4, -0.2) is 32.7 Å². The summed E-state index contributed by atoms with van der Waals surface area (Å²) in [5.41, 5.74) is 1.92. The second-order valence-electron chi connectivity index (χ2n) is 8.06. The SMILES string of the molecule is Cc1ccnc(NS(=O)(=O)c2ccc(NC(=O)c3ccc(C)c(S(=O)(=O)Nc4ccccc4)c3)cc2)n1. The summed E-state index contributed by atoms with van der Waals surface area (Å²) in [6.07, 6.45) is 1.44. The number of sulfonamides is 2. The number of nitrogens with one attached hydrogen (secondary N) is 3. The Hall–Kier alpha value is -4.29. The van der Waals surface area contributed by atoms with Gasteiger partial charge in [-0.3, -0.25) is 9.52 Å². The van der Waals surface area contributed by atoms with Crippen LogP contribution in [0.25, 0.3) is 0 Å². The smallest absolute Gasteiger partial charge is 0.264 e. The average Bonchev–Trinajstić information content (AvgIpc) is 2.84. The molecule has 3 N–H and O–H groups in total. The van der Waals surface area contributed by atoms with E-state index in [-0.39, 0.29) is 21.3 Å². The van der Waals surface area contributed by atoms with Crippen LogP contribution >= 0.6 is 0 Å². The third-order valence-corrected chi connectivity index (χ3v) is 8.08. The van der Waals surface area contributed by atoms with Gasteiger partial charge in [-0.2, -0.15) is 0 Å². The fraction of sp³-hybridized carbons (Fsp3) is 0.0800. The van der Waals surface area contributed by atoms with Gasteiger partial charge >= 0.3 is 0 Å². The number of aromatic nitrogens is 2. The first kappa shape index (κ1) is 25.8. The second kappa shape index (κ2) is 10.4. The van der Waals surface area contributed by atoms with Crippen LogP contribution in [0.5, 0.6) is 0 Å². The molecule has 1 amide bonds. The number of nitrogens with zero attached hydrogens (tertiary/aromatic N) is 2. The highest BCUT2D eigenvalue weighted by Crippen LogP contribution is 2.22. The summed E-state index contributed by atoms with van der Waals surface area (Å²) in [6.45, 7) is 3.35. The molecule has 0 unspecified atom stereocenters. The zero-order valence-electron chi connectivity index (χ0n) is 19.8. The van der Waals surface area contributed by atoms with Gasteiger partial charge < -0.3 is 5.32 Å². The number of aryl methyl sites for hydroxylation is 2. The van der Waals surface area contributed by atoms with E-state index in [2.05, 4.69) is 24.7 Å². The van der Waals surface area contributed by atoms with Gasteiger partial charge in [-0.15, -0.1) is 0 Å². The quantitative estimate of drug-likeness (QED) is 0.308. The first-order valence-corrected chi connectivity index (χ1v) is 13.9. The van der Waals surface area contributed by atoms with Crippen LogP contribution in [0.1, 0.15) is 21.6 Å². The molecule has 0 atom stereocenters. The van der Waals surface area contributed by atoms with E-state index >= 15 is 0 Å². The van der Waals surface area contributed by atoms with E-state index in [1.54, 1.807) is 56.3 Å². The number of hydrogen-bond donors (Lipinski definition) is 3. The van der Waals surface area contributed by atoms with Crippen LogP contribution in [0.4, 0.5) is 17.3 Å². The lowest BCUT2D eigenvalue weighted by Gasteiger charge is -2.12. The lowest BCUT2D eigenvalue weighted by molar-refractivity contribution is 0.102. The van der Waals surface area contributed by atoms with E-state index < -0.39 is 26.0 Å². The highest BCUT2D eigenvalue weighted by atomic mass is 32.2. The molecule has 0 radical (unpaired) electrons. The molecule has 12 heteroatoms. The molecule has 0 saturated carbocycles. The zero-order valence-corrected chi connectivity index (χ0v) is 21.5. The molecule has 190 valence electrons. The zero-order chi connectivity index (χ0) is 26.6. The molecule has 3 aromatic carbocycles. The van der Waals surface area contributed by atoms with Crippen molar-refractivity contribution >= 4 is 43.3 Å². The molecular weight excluding hydrogens is 514 g/mol. The van der Waals surface area contributed by atoms with Crippen molar-refractivity contribution in [2.75, 3.05) is 14.8 Å². The van der Waals surface area contributed by atoms with Gasteiger partial charge in [0, 0.05) is 28.8 Å². The van der Waals surface area contributed by atoms with E-state index in [9.17, 15) is 21.6 Å². The van der Waals surface area contributed by atoms with Gasteiger partial charge in [0.2, 0.25) is 5.95 Å². The van der Waals surface area contributed by atoms with Gasteiger partial charge in [-0.25, -0.2) is 31.5 Å². The number of rotatable bonds is 8. The van der Waals surface area contributed by atoms with Crippen molar-refractivity contribution in [1.82, 2.24) is 9.97 Å². The molecule has 1 aromatic heterocycles. The molecule has 1 heterocycles. The molecule has 0 spiro atoms. The van der Waals surface area contributed by atoms with E-state index in [1.807, 2.05) is 0 Å². The number of amides is 1. The number of anilines is 3. The minimum Gasteiger partial charge on any atom is -0.322 e. The molecule has 0 bridgehead atoms. The van der Waals surface area contributed by atoms with Gasteiger partial charge in [0.1, 0.15) is 0 Å². The van der Waals surface area contributed by atoms with E-state index in [0.29, 0.717) is 22.6 Å². The predicted octanol–water partition coefficient (Wildman–Crippen LogP) is 3.95. The molecule has 0 aliphatic heterocycles. The first-order valence-electron chi connectivity index (χ1n) is 11.0. The molecule has 0 saturated heterocycles. The van der Waals surface area contributed by atoms with Gasteiger partial charge in [0.05, 0.1) is 9.79 Å². The van der Waals surface area contributed by atoms with Crippen LogP contribution in [0.2, 0.25) is 0 Å². The minimum atomic E-state index is -3.94. The summed E-state index contributed by atoms with van der Waals surface area (Å²) in [6, 6.07) is 19.9. The Bertz CT molecular complexity index is 1660. The Morgan fingerprint density at radius 3 is 2.14 bits per heavy atom. The summed E-state index contributed by atoms with van der Waals surface area (Å²) in [7, 11) is -7.88. The van der Waals surface area contributed by atoms with Crippen molar-refractivity contribution in [3.8, 4) is 0 Å². The molecule has 0 aliphatic carbocycles. The van der Waals surface area contributed by atoms with Crippen molar-refractivity contribution in [1.29, 1.82) is 0 Å². The lowest BCUT2D eigenvalue weighted by Crippen LogP contribution is -2.17. The van der Waals surface area contributed by atoms with Crippen molar-refractivity contribution in [3.63, 3.8) is 0 Å². The number of benzene rings is 3. The second-order valence-corrected chi connectivity index (χ2v) is 11.4. The van der Waals surface area contributed by atoms with Crippen molar-refractivity contribution in [2.45, 2.75) is 23.6 Å². The Morgan fingerprint density at radius 2 is 1.46 bits per heavy atom. The van der Waals surface area contributed by atoms with Gasteiger partial charge in [0.15, 0.2) is 0 Å². The summed E-state index contributed by atoms with van der Waals surface area (Å²) >= 11 is 0. The van der Waals surface area contributed by atoms with E-state index in [0.717, 1.165) is 0 Å². The van der Waals surface area contributed by atoms with E-state index in [4.69, 9.17) is 0 Å². The predicted molar refractivity (Wildman–Crippen MR) is 140 cm³/mol. The maximum atomic E-state index is 12.9. The van der Waals surface area contributed by atoms with Crippen LogP contribution < -0.4 is 14.8 Å². The number of carbonyl (C=O) groups is 1. The first-order chi connectivity index (χ1) is 17.5. The van der Waals surface area contributed by atoms with Crippen LogP contribution in [0.15, 0.2) is 94.9 Å². The molecule has 0 fully saturated rings. The Labute approximate surface area is 214 Å². The highest BCUT2D eigenvalue weighted by molar-refractivity contribution is 7.93. The number of para-hydroxylation sites is 1. The molecular formula is C25H23N5O5S2. The van der Waals surface area contributed by atoms with Crippen LogP contribution in [0.3, 0.4) is 0 Å². The van der Waals surface area contributed by atoms with Gasteiger partial charge in [-0.1, -0.05) is 24.3 Å². The summed E-state index contributed by atoms with van der Waals surface area (Å²) in [4.78, 5) is 20.7. The van der Waals surface area contributed by atoms with Crippen LogP contribution in [0, 0.1) is 13.8 Å². The van der Waals surface area contributed by atoms with E-state index in [1.165, 1.54) is 42.6 Å². The largest absolute Gasteiger partial charge is 0.322 e. The standard InChI is InChI=1S/C25H23N5O5S2/c1-17-8-9-19(16-23(17)37(34,35)29-21-6-4-3-5-7-21)24(31)28-20-10-12-22(13-11-20)36(32,33)30-25-26-15-14-18(2)27-25/h3-16,29H,1-2H3,(H,28,31)(H,26,27,30). The molecule has 0 aliphatic rings. The molecule has 10 nitrogen and oxygen atoms in total. The van der Waals surface area contributed by atoms with Gasteiger partial charge in [-0.05, 0) is 74.0 Å². The maximum Gasteiger partial charge on any atom is 0.264 e. The van der Waals surface area contributed by atoms with Crippen molar-refractivity contribution in [3.05, 3.63) is 102 Å². The topological polar surface area (TPSA) is 147 Å². The fourth-order valence-corrected chi connectivity index (χ4v) is 5.63. The highest BCUT2D eigenvalue weighted by Gasteiger charge is 2.20. The molecule has 4 aromatic rings. The summed E-state index contributed by atoms with van der Waals surface area (Å²) < 4.78 is 55.9. The van der Waals surface area contributed by atoms with Crippen molar-refractivity contribution in [2.24, 2.45) is 0 Å². The Kier molecular flexibility index (Phi) is 7.23. The summed E-state index contributed by atoms with van der Waals surface area (Å²) in [5.74, 6) is -0.609. The molecule has 4 rings (SSSR count).